The predicted octanol–water partition coefficient (Wildman–Crippen LogP) is 1.65. The summed E-state index contributed by atoms with van der Waals surface area (Å²) in [6.07, 6.45) is 0.313. The highest BCUT2D eigenvalue weighted by Crippen LogP contribution is 2.26. The minimum atomic E-state index is -0.207. The second-order valence-corrected chi connectivity index (χ2v) is 6.92. The van der Waals surface area contributed by atoms with Crippen molar-refractivity contribution in [2.45, 2.75) is 39.7 Å². The Morgan fingerprint density at radius 2 is 1.74 bits per heavy atom. The van der Waals surface area contributed by atoms with Crippen LogP contribution in [0.1, 0.15) is 43.9 Å². The molecule has 7 nitrogen and oxygen atoms in total. The highest BCUT2D eigenvalue weighted by molar-refractivity contribution is 5.84. The molecule has 1 atom stereocenters. The van der Waals surface area contributed by atoms with Crippen LogP contribution in [0.15, 0.2) is 18.2 Å². The quantitative estimate of drug-likeness (QED) is 0.820. The van der Waals surface area contributed by atoms with Gasteiger partial charge in [-0.2, -0.15) is 0 Å². The third-order valence-corrected chi connectivity index (χ3v) is 4.87. The third-order valence-electron chi connectivity index (χ3n) is 4.87. The summed E-state index contributed by atoms with van der Waals surface area (Å²) < 4.78 is 5.37. The van der Waals surface area contributed by atoms with Crippen molar-refractivity contribution in [1.82, 2.24) is 15.1 Å². The van der Waals surface area contributed by atoms with Crippen LogP contribution in [0.4, 0.5) is 0 Å². The number of rotatable bonds is 6. The van der Waals surface area contributed by atoms with Gasteiger partial charge >= 0.3 is 0 Å². The van der Waals surface area contributed by atoms with E-state index < -0.39 is 0 Å². The molecule has 1 aliphatic rings. The molecule has 1 saturated heterocycles. The number of nitrogens with one attached hydrogen (secondary N) is 1. The van der Waals surface area contributed by atoms with Gasteiger partial charge in [0.1, 0.15) is 5.75 Å². The zero-order valence-electron chi connectivity index (χ0n) is 16.6. The summed E-state index contributed by atoms with van der Waals surface area (Å²) in [5.74, 6) is 0.547. The van der Waals surface area contributed by atoms with Gasteiger partial charge in [0.25, 0.3) is 0 Å². The van der Waals surface area contributed by atoms with Crippen molar-refractivity contribution in [2.24, 2.45) is 0 Å². The molecule has 0 saturated carbocycles. The summed E-state index contributed by atoms with van der Waals surface area (Å²) in [6, 6.07) is 5.63. The summed E-state index contributed by atoms with van der Waals surface area (Å²) in [5.41, 5.74) is 2.00. The minimum absolute atomic E-state index is 0.0297. The summed E-state index contributed by atoms with van der Waals surface area (Å²) in [5, 5.41) is 2.94. The molecular weight excluding hydrogens is 346 g/mol. The Bertz CT molecular complexity index is 696. The monoisotopic (exact) mass is 375 g/mol. The van der Waals surface area contributed by atoms with Crippen LogP contribution >= 0.6 is 0 Å². The van der Waals surface area contributed by atoms with E-state index in [2.05, 4.69) is 5.32 Å². The first kappa shape index (κ1) is 20.7. The SMILES string of the molecule is COc1ccc(C)cc1[C@@H](C)NC(=O)CCC(=O)N1CCN(C(C)=O)CC1. The molecule has 27 heavy (non-hydrogen) atoms. The van der Waals surface area contributed by atoms with E-state index in [1.54, 1.807) is 16.9 Å². The van der Waals surface area contributed by atoms with E-state index in [4.69, 9.17) is 4.74 Å². The van der Waals surface area contributed by atoms with Crippen molar-refractivity contribution in [3.63, 3.8) is 0 Å². The lowest BCUT2D eigenvalue weighted by molar-refractivity contribution is -0.139. The van der Waals surface area contributed by atoms with Crippen molar-refractivity contribution in [1.29, 1.82) is 0 Å². The van der Waals surface area contributed by atoms with Gasteiger partial charge in [-0.3, -0.25) is 14.4 Å². The maximum absolute atomic E-state index is 12.3. The van der Waals surface area contributed by atoms with Gasteiger partial charge in [-0.25, -0.2) is 0 Å². The molecule has 0 bridgehead atoms. The van der Waals surface area contributed by atoms with Crippen LogP contribution in [-0.2, 0) is 14.4 Å². The van der Waals surface area contributed by atoms with Gasteiger partial charge in [0.2, 0.25) is 17.7 Å². The molecule has 0 aromatic heterocycles. The molecule has 1 heterocycles. The van der Waals surface area contributed by atoms with Gasteiger partial charge in [0, 0.05) is 51.5 Å². The van der Waals surface area contributed by atoms with Crippen molar-refractivity contribution in [3.05, 3.63) is 29.3 Å². The Kier molecular flexibility index (Phi) is 7.21. The number of carbonyl (C=O) groups excluding carboxylic acids is 3. The first-order valence-electron chi connectivity index (χ1n) is 9.29. The second-order valence-electron chi connectivity index (χ2n) is 6.92. The van der Waals surface area contributed by atoms with Crippen molar-refractivity contribution in [3.8, 4) is 5.75 Å². The summed E-state index contributed by atoms with van der Waals surface area (Å²) in [4.78, 5) is 39.4. The molecule has 0 aliphatic carbocycles. The molecular formula is C20H29N3O4. The van der Waals surface area contributed by atoms with Gasteiger partial charge in [0.05, 0.1) is 13.2 Å². The van der Waals surface area contributed by atoms with Crippen molar-refractivity contribution < 1.29 is 19.1 Å². The van der Waals surface area contributed by atoms with Gasteiger partial charge < -0.3 is 19.9 Å². The van der Waals surface area contributed by atoms with Crippen molar-refractivity contribution >= 4 is 17.7 Å². The van der Waals surface area contributed by atoms with Crippen LogP contribution in [-0.4, -0.2) is 60.8 Å². The molecule has 1 aromatic carbocycles. The number of aryl methyl sites for hydroxylation is 1. The lowest BCUT2D eigenvalue weighted by Crippen LogP contribution is -2.50. The molecule has 1 N–H and O–H groups in total. The average molecular weight is 375 g/mol. The van der Waals surface area contributed by atoms with E-state index in [-0.39, 0.29) is 36.6 Å². The van der Waals surface area contributed by atoms with Crippen LogP contribution < -0.4 is 10.1 Å². The number of nitrogens with zero attached hydrogens (tertiary/aromatic N) is 2. The van der Waals surface area contributed by atoms with E-state index in [0.29, 0.717) is 26.2 Å². The first-order chi connectivity index (χ1) is 12.8. The van der Waals surface area contributed by atoms with E-state index >= 15 is 0 Å². The number of amides is 3. The number of carbonyl (C=O) groups is 3. The molecule has 1 fully saturated rings. The molecule has 7 heteroatoms. The molecule has 148 valence electrons. The van der Waals surface area contributed by atoms with Gasteiger partial charge in [0.15, 0.2) is 0 Å². The fraction of sp³-hybridized carbons (Fsp3) is 0.550. The molecule has 3 amide bonds. The Hall–Kier alpha value is -2.57. The van der Waals surface area contributed by atoms with Gasteiger partial charge in [-0.1, -0.05) is 17.7 Å². The highest BCUT2D eigenvalue weighted by atomic mass is 16.5. The van der Waals surface area contributed by atoms with E-state index in [0.717, 1.165) is 16.9 Å². The zero-order chi connectivity index (χ0) is 20.0. The van der Waals surface area contributed by atoms with Crippen LogP contribution in [0.25, 0.3) is 0 Å². The summed E-state index contributed by atoms with van der Waals surface area (Å²) >= 11 is 0. The number of piperazine rings is 1. The normalized spacial score (nSPS) is 15.3. The van der Waals surface area contributed by atoms with Crippen LogP contribution in [0.2, 0.25) is 0 Å². The van der Waals surface area contributed by atoms with Crippen LogP contribution in [0, 0.1) is 6.92 Å². The Morgan fingerprint density at radius 3 is 2.33 bits per heavy atom. The largest absolute Gasteiger partial charge is 0.496 e. The number of hydrogen-bond acceptors (Lipinski definition) is 4. The maximum Gasteiger partial charge on any atom is 0.223 e. The maximum atomic E-state index is 12.3. The molecule has 0 radical (unpaired) electrons. The van der Waals surface area contributed by atoms with Crippen molar-refractivity contribution in [2.75, 3.05) is 33.3 Å². The van der Waals surface area contributed by atoms with E-state index in [9.17, 15) is 14.4 Å². The summed E-state index contributed by atoms with van der Waals surface area (Å²) in [6.45, 7) is 7.58. The van der Waals surface area contributed by atoms with E-state index in [1.807, 2.05) is 32.0 Å². The molecule has 0 spiro atoms. The average Bonchev–Trinajstić information content (AvgIpc) is 2.66. The topological polar surface area (TPSA) is 79.0 Å². The lowest BCUT2D eigenvalue weighted by Gasteiger charge is -2.34. The fourth-order valence-corrected chi connectivity index (χ4v) is 3.23. The smallest absolute Gasteiger partial charge is 0.223 e. The molecule has 0 unspecified atom stereocenters. The second kappa shape index (κ2) is 9.39. The number of benzene rings is 1. The Morgan fingerprint density at radius 1 is 1.11 bits per heavy atom. The first-order valence-corrected chi connectivity index (χ1v) is 9.29. The summed E-state index contributed by atoms with van der Waals surface area (Å²) in [7, 11) is 1.60. The Labute approximate surface area is 160 Å². The zero-order valence-corrected chi connectivity index (χ0v) is 16.6. The van der Waals surface area contributed by atoms with Crippen LogP contribution in [0.3, 0.4) is 0 Å². The molecule has 1 aromatic rings. The van der Waals surface area contributed by atoms with Gasteiger partial charge in [-0.05, 0) is 19.9 Å². The van der Waals surface area contributed by atoms with E-state index in [1.165, 1.54) is 6.92 Å². The Balaban J connectivity index is 1.81. The minimum Gasteiger partial charge on any atom is -0.496 e. The lowest BCUT2D eigenvalue weighted by atomic mass is 10.0. The molecule has 2 rings (SSSR count). The third kappa shape index (κ3) is 5.70. The number of ether oxygens (including phenoxy) is 1. The number of hydrogen-bond donors (Lipinski definition) is 1. The standard InChI is InChI=1S/C20H29N3O4/c1-14-5-6-18(27-4)17(13-14)15(2)21-19(25)7-8-20(26)23-11-9-22(10-12-23)16(3)24/h5-6,13,15H,7-12H2,1-4H3,(H,21,25)/t15-/m1/s1. The highest BCUT2D eigenvalue weighted by Gasteiger charge is 2.23. The number of methoxy groups -OCH3 is 1. The fourth-order valence-electron chi connectivity index (χ4n) is 3.23. The predicted molar refractivity (Wildman–Crippen MR) is 102 cm³/mol. The molecule has 1 aliphatic heterocycles. The van der Waals surface area contributed by atoms with Gasteiger partial charge in [-0.15, -0.1) is 0 Å². The van der Waals surface area contributed by atoms with Crippen LogP contribution in [0.5, 0.6) is 5.75 Å².